The molecule has 6 atom stereocenters. The van der Waals surface area contributed by atoms with Crippen LogP contribution in [0.2, 0.25) is 15.1 Å². The first-order valence-electron chi connectivity index (χ1n) is 47.6. The van der Waals surface area contributed by atoms with Crippen LogP contribution in [0.3, 0.4) is 0 Å². The smallest absolute Gasteiger partial charge is 0.410 e. The minimum atomic E-state index is -0.641. The number of nitrogens with zero attached hydrogens (tertiary/aromatic N) is 21. The molecule has 0 aliphatic carbocycles. The zero-order valence-electron chi connectivity index (χ0n) is 84.3. The van der Waals surface area contributed by atoms with E-state index in [1.54, 1.807) is 87.5 Å². The van der Waals surface area contributed by atoms with Crippen LogP contribution in [0.15, 0.2) is 123 Å². The number of ether oxygens (including phenoxy) is 2. The lowest BCUT2D eigenvalue weighted by Crippen LogP contribution is -2.59. The van der Waals surface area contributed by atoms with E-state index in [-0.39, 0.29) is 143 Å². The molecule has 3 fully saturated rings. The largest absolute Gasteiger partial charge is 0.444 e. The predicted molar refractivity (Wildman–Crippen MR) is 551 cm³/mol. The molecule has 3 aliphatic heterocycles. The third-order valence-corrected chi connectivity index (χ3v) is 26.0. The second-order valence-corrected chi connectivity index (χ2v) is 41.9. The van der Waals surface area contributed by atoms with Crippen LogP contribution in [-0.4, -0.2) is 193 Å². The third kappa shape index (κ3) is 21.8. The molecule has 36 heteroatoms. The topological polar surface area (TPSA) is 310 Å². The van der Waals surface area contributed by atoms with Gasteiger partial charge in [-0.15, -0.1) is 0 Å². The van der Waals surface area contributed by atoms with Crippen molar-refractivity contribution < 1.29 is 37.0 Å². The van der Waals surface area contributed by atoms with E-state index >= 15 is 13.2 Å². The lowest BCUT2D eigenvalue weighted by Gasteiger charge is -2.44. The number of anilines is 3. The van der Waals surface area contributed by atoms with E-state index in [2.05, 4.69) is 42.4 Å². The van der Waals surface area contributed by atoms with Crippen LogP contribution in [-0.2, 0) is 27.1 Å². The van der Waals surface area contributed by atoms with Crippen molar-refractivity contribution in [3.05, 3.63) is 218 Å². The average Bonchev–Trinajstić information content (AvgIpc) is 0.736. The molecule has 3 amide bonds. The third-order valence-electron chi connectivity index (χ3n) is 24.7. The molecule has 3 aliphatic rings. The summed E-state index contributed by atoms with van der Waals surface area (Å²) in [6.45, 7) is 56.7. The minimum Gasteiger partial charge on any atom is -0.444 e. The van der Waals surface area contributed by atoms with Crippen LogP contribution < -0.4 is 31.8 Å². The summed E-state index contributed by atoms with van der Waals surface area (Å²) in [7, 11) is 0. The number of rotatable bonds is 18. The summed E-state index contributed by atoms with van der Waals surface area (Å²) in [6, 6.07) is 22.5. The molecule has 15 rings (SSSR count). The van der Waals surface area contributed by atoms with Gasteiger partial charge >= 0.3 is 29.3 Å². The van der Waals surface area contributed by atoms with Crippen LogP contribution in [0.25, 0.3) is 83.9 Å². The molecule has 12 aromatic rings. The number of pyridine rings is 3. The van der Waals surface area contributed by atoms with E-state index in [0.29, 0.717) is 153 Å². The summed E-state index contributed by atoms with van der Waals surface area (Å²) in [5.74, 6) is 0.472. The van der Waals surface area contributed by atoms with Crippen molar-refractivity contribution >= 4 is 119 Å². The number of carbonyl (C=O) groups is 3. The van der Waals surface area contributed by atoms with Gasteiger partial charge in [0.15, 0.2) is 21.7 Å². The molecule has 0 bridgehead atoms. The first-order chi connectivity index (χ1) is 65.9. The fourth-order valence-corrected chi connectivity index (χ4v) is 19.0. The fraction of sp³-hybridized carbons (Fsp3) is 0.462. The van der Waals surface area contributed by atoms with Crippen LogP contribution in [0.5, 0.6) is 0 Å². The summed E-state index contributed by atoms with van der Waals surface area (Å²) < 4.78 is 61.6. The summed E-state index contributed by atoms with van der Waals surface area (Å²) in [5.41, 5.74) is 4.58. The molecule has 9 aromatic heterocycles. The Balaban J connectivity index is 0.000000177. The monoisotopic (exact) mass is 2040 g/mol. The molecule has 3 saturated heterocycles. The van der Waals surface area contributed by atoms with Crippen molar-refractivity contribution in [3.63, 3.8) is 0 Å². The van der Waals surface area contributed by atoms with Gasteiger partial charge in [0.1, 0.15) is 57.8 Å². The molecule has 12 heterocycles. The van der Waals surface area contributed by atoms with Crippen LogP contribution in [0.4, 0.5) is 40.2 Å². The van der Waals surface area contributed by atoms with Gasteiger partial charge in [0, 0.05) is 105 Å². The number of amides is 3. The molecule has 742 valence electrons. The second kappa shape index (κ2) is 42.5. The summed E-state index contributed by atoms with van der Waals surface area (Å²) in [5, 5.41) is 2.14. The molecule has 0 saturated carbocycles. The van der Waals surface area contributed by atoms with E-state index in [1.807, 2.05) is 195 Å². The van der Waals surface area contributed by atoms with Gasteiger partial charge in [0.25, 0.3) is 0 Å². The number of piperazine rings is 3. The number of fused-ring (bicyclic) bond motifs is 3. The molecule has 140 heavy (non-hydrogen) atoms. The Labute approximate surface area is 838 Å². The zero-order valence-corrected chi connectivity index (χ0v) is 88.2. The van der Waals surface area contributed by atoms with Crippen molar-refractivity contribution in [1.82, 2.24) is 88.2 Å². The Morgan fingerprint density at radius 2 is 0.650 bits per heavy atom. The highest BCUT2D eigenvalue weighted by Gasteiger charge is 2.42. The van der Waals surface area contributed by atoms with Gasteiger partial charge in [-0.25, -0.2) is 95.7 Å². The van der Waals surface area contributed by atoms with Crippen LogP contribution in [0, 0.1) is 17.5 Å². The number of benzene rings is 3. The molecule has 0 unspecified atom stereocenters. The van der Waals surface area contributed by atoms with E-state index in [1.165, 1.54) is 38.0 Å². The number of aromatic nitrogens is 15. The summed E-state index contributed by atoms with van der Waals surface area (Å²) >= 11 is 24.1. The quantitative estimate of drug-likeness (QED) is 0.0569. The van der Waals surface area contributed by atoms with Gasteiger partial charge in [0.2, 0.25) is 5.91 Å². The summed E-state index contributed by atoms with van der Waals surface area (Å²) in [4.78, 5) is 151. The first-order valence-corrected chi connectivity index (χ1v) is 49.6. The van der Waals surface area contributed by atoms with E-state index in [9.17, 15) is 28.8 Å². The Hall–Kier alpha value is -11.9. The number of halogens is 7. The number of hydrogen-bond acceptors (Lipinski definition) is 23. The van der Waals surface area contributed by atoms with Gasteiger partial charge in [-0.2, -0.15) is 15.0 Å². The number of hydrogen-bond donors (Lipinski definition) is 0. The second-order valence-electron chi connectivity index (χ2n) is 39.9. The van der Waals surface area contributed by atoms with Crippen molar-refractivity contribution in [2.24, 2.45) is 0 Å². The standard InChI is InChI=1S/C36H45ClFN7O3.C34H40BrClFN7O3.C34H39ClFN7O2/c1-11-27-39-28(19(2)3)31(29(40-27)20(4)5)45-33-24(16-25(37)30(41-33)23-14-12-13-15-26(23)38)32(42-34(45)46)43-17-22(7)44(18-21(43)6)35(47)48-36(8,9)10;1-17(2)25-28(26(18(3)4)40-31(35)39-25)44-30-22(14-23(36)27(38-30)21-12-10-11-13-24(21)37)29(41-32(44)45)42-15-20(6)43(16-19(42)5)33(46)47-34(7,8)9;1-9-26-37-28(18(3)4)31(29(38-26)19(5)6)43-33-23(15-24(35)30(39-33)22-13-11-12-14-25(22)36)32(40-34(43)45)42-17-20(7)41(16-21(42)8)27(44)10-2/h12-16,19-22H,11,17-18H2,1-10H3;10-14,17-20H,15-16H2,1-9H3;10-15,18-21H,2,9,16-17H2,1,3-8H3/t21-,22+;19-,20+;20-,21+/m001/s1. The molecule has 0 N–H and O–H groups in total. The lowest BCUT2D eigenvalue weighted by molar-refractivity contribution is -0.128. The normalized spacial score (nSPS) is 17.1. The van der Waals surface area contributed by atoms with Gasteiger partial charge in [0.05, 0.1) is 99.5 Å². The highest BCUT2D eigenvalue weighted by Crippen LogP contribution is 2.44. The van der Waals surface area contributed by atoms with E-state index in [4.69, 9.17) is 84.1 Å². The lowest BCUT2D eigenvalue weighted by atomic mass is 10.0. The van der Waals surface area contributed by atoms with Gasteiger partial charge < -0.3 is 38.9 Å². The average molecular weight is 2040 g/mol. The number of carbonyl (C=O) groups excluding carboxylic acids is 3. The van der Waals surface area contributed by atoms with Crippen molar-refractivity contribution in [3.8, 4) is 50.8 Å². The predicted octanol–water partition coefficient (Wildman–Crippen LogP) is 22.0. The maximum atomic E-state index is 15.2. The SMILES string of the molecule is C=CC(=O)N1C[C@H](C)N(c2nc(=O)n(-c3c(C(C)C)nc(CC)nc3C(C)C)c3nc(-c4ccccc4F)c(Cl)cc23)C[C@H]1C.CC(C)c1nc(Br)nc(C(C)C)c1-n1c(=O)nc(N2C[C@@H](C)N(C(=O)OC(C)(C)C)C[C@@H]2C)c2cc(Cl)c(-c3ccccc3F)nc21.CCc1nc(C(C)C)c(-n2c(=O)nc(N3C[C@@H](C)N(C(=O)OC(C)(C)C)C[C@@H]3C)c3cc(Cl)c(-c4ccccc4F)nc32)c(C(C)C)n1. The Kier molecular flexibility index (Phi) is 32.0. The first kappa shape index (κ1) is 105. The van der Waals surface area contributed by atoms with Gasteiger partial charge in [-0.05, 0) is 195 Å². The fourth-order valence-electron chi connectivity index (χ4n) is 17.9. The summed E-state index contributed by atoms with van der Waals surface area (Å²) in [6.07, 6.45) is 1.78. The number of aryl methyl sites for hydroxylation is 2. The Bertz CT molecular complexity index is 6900. The van der Waals surface area contributed by atoms with E-state index in [0.717, 1.165) is 0 Å². The van der Waals surface area contributed by atoms with Crippen LogP contribution in [0.1, 0.15) is 261 Å². The Morgan fingerprint density at radius 3 is 0.893 bits per heavy atom. The molecule has 29 nitrogen and oxygen atoms in total. The molecule has 3 aromatic carbocycles. The maximum absolute atomic E-state index is 15.2. The minimum absolute atomic E-state index is 0.0536. The highest BCUT2D eigenvalue weighted by atomic mass is 79.9. The molecule has 0 spiro atoms. The van der Waals surface area contributed by atoms with Crippen molar-refractivity contribution in [2.75, 3.05) is 54.0 Å². The Morgan fingerprint density at radius 1 is 0.400 bits per heavy atom. The highest BCUT2D eigenvalue weighted by molar-refractivity contribution is 9.10. The van der Waals surface area contributed by atoms with Gasteiger partial charge in [-0.1, -0.05) is 175 Å². The van der Waals surface area contributed by atoms with Crippen molar-refractivity contribution in [2.45, 2.75) is 276 Å². The molecular weight excluding hydrogens is 1910 g/mol. The zero-order chi connectivity index (χ0) is 103. The maximum Gasteiger partial charge on any atom is 0.410 e. The van der Waals surface area contributed by atoms with E-state index < -0.39 is 57.9 Å². The molecular formula is C104H124BrCl3F3N21O8. The molecule has 0 radical (unpaired) electrons. The van der Waals surface area contributed by atoms with Crippen LogP contribution >= 0.6 is 50.7 Å². The van der Waals surface area contributed by atoms with Crippen molar-refractivity contribution in [1.29, 1.82) is 0 Å². The van der Waals surface area contributed by atoms with Gasteiger partial charge in [-0.3, -0.25) is 4.79 Å².